The van der Waals surface area contributed by atoms with E-state index in [1.807, 2.05) is 6.07 Å². The predicted octanol–water partition coefficient (Wildman–Crippen LogP) is 3.65. The minimum absolute atomic E-state index is 0.208. The molecule has 1 N–H and O–H groups in total. The molecule has 0 bridgehead atoms. The van der Waals surface area contributed by atoms with Gasteiger partial charge in [-0.05, 0) is 12.5 Å². The van der Waals surface area contributed by atoms with Crippen molar-refractivity contribution in [2.75, 3.05) is 0 Å². The number of amides is 1. The standard InChI is InChI=1S/C15H12ClN3O5/c1-9(10-5-3-2-4-6-10)17-15(20)11-7-12(18(21)22)14(16)13(8-11)19(23)24/h2-9H,1H3,(H,17,20). The van der Waals surface area contributed by atoms with E-state index in [-0.39, 0.29) is 11.6 Å². The third kappa shape index (κ3) is 3.66. The summed E-state index contributed by atoms with van der Waals surface area (Å²) in [5, 5.41) is 24.0. The first-order chi connectivity index (χ1) is 11.3. The van der Waals surface area contributed by atoms with Gasteiger partial charge in [-0.25, -0.2) is 0 Å². The zero-order valence-corrected chi connectivity index (χ0v) is 13.2. The number of benzene rings is 2. The maximum atomic E-state index is 12.3. The number of hydrogen-bond acceptors (Lipinski definition) is 5. The SMILES string of the molecule is CC(NC(=O)c1cc([N+](=O)[O-])c(Cl)c([N+](=O)[O-])c1)c1ccccc1. The Morgan fingerprint density at radius 2 is 1.58 bits per heavy atom. The summed E-state index contributed by atoms with van der Waals surface area (Å²) < 4.78 is 0. The lowest BCUT2D eigenvalue weighted by atomic mass is 10.1. The summed E-state index contributed by atoms with van der Waals surface area (Å²) in [6.07, 6.45) is 0. The van der Waals surface area contributed by atoms with E-state index in [4.69, 9.17) is 11.6 Å². The van der Waals surface area contributed by atoms with Gasteiger partial charge in [-0.2, -0.15) is 0 Å². The molecule has 2 rings (SSSR count). The minimum atomic E-state index is -0.868. The van der Waals surface area contributed by atoms with E-state index >= 15 is 0 Å². The zero-order chi connectivity index (χ0) is 17.9. The number of nitro groups is 2. The van der Waals surface area contributed by atoms with E-state index in [2.05, 4.69) is 5.32 Å². The fourth-order valence-electron chi connectivity index (χ4n) is 2.10. The second-order valence-electron chi connectivity index (χ2n) is 4.95. The van der Waals surface area contributed by atoms with Gasteiger partial charge < -0.3 is 5.32 Å². The Balaban J connectivity index is 2.35. The maximum Gasteiger partial charge on any atom is 0.295 e. The summed E-state index contributed by atoms with van der Waals surface area (Å²) in [6.45, 7) is 1.73. The highest BCUT2D eigenvalue weighted by atomic mass is 35.5. The Hall–Kier alpha value is -3.00. The van der Waals surface area contributed by atoms with Crippen molar-refractivity contribution in [2.45, 2.75) is 13.0 Å². The van der Waals surface area contributed by atoms with Crippen molar-refractivity contribution >= 4 is 28.9 Å². The molecular weight excluding hydrogens is 338 g/mol. The summed E-state index contributed by atoms with van der Waals surface area (Å²) in [6, 6.07) is 10.5. The molecule has 1 amide bonds. The molecule has 0 saturated carbocycles. The summed E-state index contributed by atoms with van der Waals surface area (Å²) in [7, 11) is 0. The van der Waals surface area contributed by atoms with Crippen molar-refractivity contribution < 1.29 is 14.6 Å². The number of nitrogens with one attached hydrogen (secondary N) is 1. The third-order valence-corrected chi connectivity index (χ3v) is 3.72. The molecule has 0 aliphatic carbocycles. The summed E-state index contributed by atoms with van der Waals surface area (Å²) in [5.41, 5.74) is -0.767. The van der Waals surface area contributed by atoms with Crippen LogP contribution in [0, 0.1) is 20.2 Å². The number of nitrogens with zero attached hydrogens (tertiary/aromatic N) is 2. The fraction of sp³-hybridized carbons (Fsp3) is 0.133. The first-order valence-electron chi connectivity index (χ1n) is 6.79. The second-order valence-corrected chi connectivity index (χ2v) is 5.33. The van der Waals surface area contributed by atoms with Crippen LogP contribution in [0.15, 0.2) is 42.5 Å². The average Bonchev–Trinajstić information content (AvgIpc) is 2.55. The highest BCUT2D eigenvalue weighted by Gasteiger charge is 2.27. The Labute approximate surface area is 141 Å². The van der Waals surface area contributed by atoms with Crippen LogP contribution in [0.3, 0.4) is 0 Å². The van der Waals surface area contributed by atoms with Gasteiger partial charge in [0.1, 0.15) is 0 Å². The minimum Gasteiger partial charge on any atom is -0.346 e. The highest BCUT2D eigenvalue weighted by Crippen LogP contribution is 2.35. The van der Waals surface area contributed by atoms with E-state index in [9.17, 15) is 25.0 Å². The average molecular weight is 350 g/mol. The molecule has 1 atom stereocenters. The van der Waals surface area contributed by atoms with Crippen LogP contribution in [-0.2, 0) is 0 Å². The number of nitro benzene ring substituents is 2. The molecule has 0 fully saturated rings. The summed E-state index contributed by atoms with van der Waals surface area (Å²) >= 11 is 5.66. The van der Waals surface area contributed by atoms with Crippen LogP contribution in [0.2, 0.25) is 5.02 Å². The lowest BCUT2D eigenvalue weighted by Crippen LogP contribution is -2.26. The second kappa shape index (κ2) is 7.05. The number of carbonyl (C=O) groups excluding carboxylic acids is 1. The normalized spacial score (nSPS) is 11.6. The van der Waals surface area contributed by atoms with Gasteiger partial charge in [0.2, 0.25) is 0 Å². The lowest BCUT2D eigenvalue weighted by molar-refractivity contribution is -0.393. The van der Waals surface area contributed by atoms with E-state index in [1.54, 1.807) is 31.2 Å². The van der Waals surface area contributed by atoms with Gasteiger partial charge in [-0.15, -0.1) is 0 Å². The van der Waals surface area contributed by atoms with Crippen LogP contribution in [0.1, 0.15) is 28.9 Å². The van der Waals surface area contributed by atoms with Gasteiger partial charge in [-0.3, -0.25) is 25.0 Å². The van der Waals surface area contributed by atoms with E-state index in [0.717, 1.165) is 17.7 Å². The van der Waals surface area contributed by atoms with Crippen molar-refractivity contribution in [1.29, 1.82) is 0 Å². The molecule has 2 aromatic carbocycles. The maximum absolute atomic E-state index is 12.3. The number of carbonyl (C=O) groups is 1. The molecule has 0 heterocycles. The smallest absolute Gasteiger partial charge is 0.295 e. The van der Waals surface area contributed by atoms with Gasteiger partial charge >= 0.3 is 0 Å². The van der Waals surface area contributed by atoms with Crippen LogP contribution in [0.25, 0.3) is 0 Å². The van der Waals surface area contributed by atoms with Gasteiger partial charge in [-0.1, -0.05) is 41.9 Å². The van der Waals surface area contributed by atoms with Crippen molar-refractivity contribution in [3.8, 4) is 0 Å². The van der Waals surface area contributed by atoms with Crippen molar-refractivity contribution in [3.63, 3.8) is 0 Å². The Kier molecular flexibility index (Phi) is 5.10. The molecule has 0 aromatic heterocycles. The number of hydrogen-bond donors (Lipinski definition) is 1. The van der Waals surface area contributed by atoms with E-state index in [1.165, 1.54) is 0 Å². The van der Waals surface area contributed by atoms with Crippen LogP contribution in [0.4, 0.5) is 11.4 Å². The largest absolute Gasteiger partial charge is 0.346 e. The highest BCUT2D eigenvalue weighted by molar-refractivity contribution is 6.35. The fourth-order valence-corrected chi connectivity index (χ4v) is 2.34. The van der Waals surface area contributed by atoms with Crippen molar-refractivity contribution in [1.82, 2.24) is 5.32 Å². The molecule has 8 nitrogen and oxygen atoms in total. The molecule has 124 valence electrons. The Morgan fingerprint density at radius 1 is 1.08 bits per heavy atom. The topological polar surface area (TPSA) is 115 Å². The monoisotopic (exact) mass is 349 g/mol. The molecular formula is C15H12ClN3O5. The molecule has 24 heavy (non-hydrogen) atoms. The van der Waals surface area contributed by atoms with Crippen LogP contribution in [-0.4, -0.2) is 15.8 Å². The summed E-state index contributed by atoms with van der Waals surface area (Å²) in [5.74, 6) is -0.672. The number of rotatable bonds is 5. The quantitative estimate of drug-likeness (QED) is 0.653. The molecule has 0 radical (unpaired) electrons. The van der Waals surface area contributed by atoms with Gasteiger partial charge in [0.05, 0.1) is 21.5 Å². The lowest BCUT2D eigenvalue weighted by Gasteiger charge is -2.14. The molecule has 0 aliphatic heterocycles. The van der Waals surface area contributed by atoms with Crippen LogP contribution in [0.5, 0.6) is 0 Å². The van der Waals surface area contributed by atoms with Crippen LogP contribution < -0.4 is 5.32 Å². The van der Waals surface area contributed by atoms with Gasteiger partial charge in [0.25, 0.3) is 17.3 Å². The molecule has 1 unspecified atom stereocenters. The summed E-state index contributed by atoms with van der Waals surface area (Å²) in [4.78, 5) is 32.5. The van der Waals surface area contributed by atoms with E-state index < -0.39 is 32.2 Å². The van der Waals surface area contributed by atoms with Gasteiger partial charge in [0.15, 0.2) is 5.02 Å². The first-order valence-corrected chi connectivity index (χ1v) is 7.17. The molecule has 9 heteroatoms. The molecule has 0 aliphatic rings. The predicted molar refractivity (Wildman–Crippen MR) is 87.1 cm³/mol. The molecule has 0 saturated heterocycles. The zero-order valence-electron chi connectivity index (χ0n) is 12.4. The number of halogens is 1. The van der Waals surface area contributed by atoms with Gasteiger partial charge in [0, 0.05) is 12.1 Å². The van der Waals surface area contributed by atoms with Crippen LogP contribution >= 0.6 is 11.6 Å². The van der Waals surface area contributed by atoms with Crippen molar-refractivity contribution in [3.05, 3.63) is 78.8 Å². The molecule has 2 aromatic rings. The van der Waals surface area contributed by atoms with Crippen molar-refractivity contribution in [2.24, 2.45) is 0 Å². The first kappa shape index (κ1) is 17.4. The Bertz CT molecular complexity index is 775. The third-order valence-electron chi connectivity index (χ3n) is 3.34. The van der Waals surface area contributed by atoms with E-state index in [0.29, 0.717) is 0 Å². The Morgan fingerprint density at radius 3 is 2.04 bits per heavy atom. The molecule has 0 spiro atoms.